The highest BCUT2D eigenvalue weighted by molar-refractivity contribution is 6.35. The third kappa shape index (κ3) is 3.07. The molecule has 1 aromatic heterocycles. The summed E-state index contributed by atoms with van der Waals surface area (Å²) in [6.45, 7) is 0. The summed E-state index contributed by atoms with van der Waals surface area (Å²) < 4.78 is 5.39. The maximum atomic E-state index is 11.0. The van der Waals surface area contributed by atoms with E-state index in [4.69, 9.17) is 38.8 Å². The Morgan fingerprint density at radius 2 is 2.05 bits per heavy atom. The molecule has 3 N–H and O–H groups in total. The predicted molar refractivity (Wildman–Crippen MR) is 72.1 cm³/mol. The number of aromatic nitrogens is 1. The molecule has 0 saturated heterocycles. The van der Waals surface area contributed by atoms with Crippen molar-refractivity contribution in [3.63, 3.8) is 0 Å². The molecule has 0 aliphatic rings. The minimum Gasteiger partial charge on any atom is -0.476 e. The summed E-state index contributed by atoms with van der Waals surface area (Å²) in [7, 11) is 0. The molecule has 0 fully saturated rings. The van der Waals surface area contributed by atoms with E-state index in [2.05, 4.69) is 4.98 Å². The number of benzene rings is 1. The number of nitrogens with zero attached hydrogens (tertiary/aromatic N) is 1. The summed E-state index contributed by atoms with van der Waals surface area (Å²) in [5.41, 5.74) is 5.31. The van der Waals surface area contributed by atoms with Gasteiger partial charge in [-0.3, -0.25) is 0 Å². The fourth-order valence-electron chi connectivity index (χ4n) is 1.37. The van der Waals surface area contributed by atoms with Crippen molar-refractivity contribution in [3.8, 4) is 11.6 Å². The van der Waals surface area contributed by atoms with Crippen LogP contribution < -0.4 is 10.5 Å². The summed E-state index contributed by atoms with van der Waals surface area (Å²) in [6, 6.07) is 7.93. The van der Waals surface area contributed by atoms with E-state index in [0.717, 1.165) is 0 Å². The summed E-state index contributed by atoms with van der Waals surface area (Å²) >= 11 is 11.6. The molecule has 19 heavy (non-hydrogen) atoms. The maximum Gasteiger partial charge on any atom is 0.356 e. The summed E-state index contributed by atoms with van der Waals surface area (Å²) in [5, 5.41) is 9.31. The van der Waals surface area contributed by atoms with Crippen LogP contribution in [0.2, 0.25) is 10.0 Å². The van der Waals surface area contributed by atoms with Gasteiger partial charge in [0.15, 0.2) is 5.69 Å². The van der Waals surface area contributed by atoms with Gasteiger partial charge in [0, 0.05) is 11.1 Å². The van der Waals surface area contributed by atoms with Crippen molar-refractivity contribution in [3.05, 3.63) is 46.1 Å². The van der Waals surface area contributed by atoms with Crippen molar-refractivity contribution in [2.45, 2.75) is 0 Å². The number of rotatable bonds is 3. The minimum atomic E-state index is -1.28. The van der Waals surface area contributed by atoms with Crippen LogP contribution in [0.25, 0.3) is 0 Å². The molecule has 2 rings (SSSR count). The van der Waals surface area contributed by atoms with Crippen molar-refractivity contribution in [2.75, 3.05) is 5.73 Å². The number of anilines is 1. The van der Waals surface area contributed by atoms with Gasteiger partial charge in [0.2, 0.25) is 5.88 Å². The Bertz CT molecular complexity index is 647. The van der Waals surface area contributed by atoms with Gasteiger partial charge in [-0.2, -0.15) is 0 Å². The third-order valence-corrected chi connectivity index (χ3v) is 2.82. The van der Waals surface area contributed by atoms with Gasteiger partial charge >= 0.3 is 5.97 Å². The quantitative estimate of drug-likeness (QED) is 0.906. The fraction of sp³-hybridized carbons (Fsp3) is 0. The number of carboxylic acids is 1. The Labute approximate surface area is 118 Å². The van der Waals surface area contributed by atoms with E-state index >= 15 is 0 Å². The Kier molecular flexibility index (Phi) is 3.78. The maximum absolute atomic E-state index is 11.0. The van der Waals surface area contributed by atoms with Gasteiger partial charge in [-0.1, -0.05) is 29.3 Å². The SMILES string of the molecule is Nc1cc(Oc2cccc(Cl)c2)nc(C(=O)O)c1Cl. The van der Waals surface area contributed by atoms with E-state index in [1.165, 1.54) is 6.07 Å². The van der Waals surface area contributed by atoms with Crippen LogP contribution in [0.5, 0.6) is 11.6 Å². The normalized spacial score (nSPS) is 10.2. The minimum absolute atomic E-state index is 0.0292. The first-order chi connectivity index (χ1) is 8.97. The van der Waals surface area contributed by atoms with Crippen LogP contribution in [0.3, 0.4) is 0 Å². The molecule has 1 heterocycles. The van der Waals surface area contributed by atoms with Crippen LogP contribution >= 0.6 is 23.2 Å². The van der Waals surface area contributed by atoms with E-state index in [-0.39, 0.29) is 22.3 Å². The Morgan fingerprint density at radius 1 is 1.32 bits per heavy atom. The molecule has 0 spiro atoms. The third-order valence-electron chi connectivity index (χ3n) is 2.18. The first-order valence-electron chi connectivity index (χ1n) is 5.10. The number of carbonyl (C=O) groups is 1. The number of carboxylic acid groups (broad SMARTS) is 1. The Hall–Kier alpha value is -1.98. The smallest absolute Gasteiger partial charge is 0.356 e. The van der Waals surface area contributed by atoms with Crippen LogP contribution in [0.15, 0.2) is 30.3 Å². The number of pyridine rings is 1. The molecule has 5 nitrogen and oxygen atoms in total. The zero-order valence-electron chi connectivity index (χ0n) is 9.43. The van der Waals surface area contributed by atoms with Gasteiger partial charge in [-0.15, -0.1) is 0 Å². The second-order valence-corrected chi connectivity index (χ2v) is 4.39. The largest absolute Gasteiger partial charge is 0.476 e. The van der Waals surface area contributed by atoms with Crippen LogP contribution in [0.4, 0.5) is 5.69 Å². The highest BCUT2D eigenvalue weighted by Crippen LogP contribution is 2.29. The molecule has 0 aliphatic carbocycles. The second-order valence-electron chi connectivity index (χ2n) is 3.58. The number of hydrogen-bond acceptors (Lipinski definition) is 4. The molecule has 0 amide bonds. The number of hydrogen-bond donors (Lipinski definition) is 2. The summed E-state index contributed by atoms with van der Waals surface area (Å²) in [5.74, 6) is -0.840. The molecule has 7 heteroatoms. The molecule has 1 aromatic carbocycles. The fourth-order valence-corrected chi connectivity index (χ4v) is 1.73. The topological polar surface area (TPSA) is 85.4 Å². The zero-order valence-corrected chi connectivity index (χ0v) is 10.9. The Balaban J connectivity index is 2.38. The lowest BCUT2D eigenvalue weighted by atomic mass is 10.3. The number of nitrogen functional groups attached to an aromatic ring is 1. The molecule has 0 unspecified atom stereocenters. The van der Waals surface area contributed by atoms with E-state index in [1.54, 1.807) is 24.3 Å². The van der Waals surface area contributed by atoms with Crippen LogP contribution in [-0.4, -0.2) is 16.1 Å². The van der Waals surface area contributed by atoms with E-state index < -0.39 is 5.97 Å². The van der Waals surface area contributed by atoms with Crippen molar-refractivity contribution in [1.82, 2.24) is 4.98 Å². The van der Waals surface area contributed by atoms with Crippen LogP contribution in [0, 0.1) is 0 Å². The van der Waals surface area contributed by atoms with E-state index in [9.17, 15) is 4.79 Å². The number of halogens is 2. The lowest BCUT2D eigenvalue weighted by molar-refractivity contribution is 0.0690. The lowest BCUT2D eigenvalue weighted by Gasteiger charge is -2.08. The summed E-state index contributed by atoms with van der Waals surface area (Å²) in [6.07, 6.45) is 0. The van der Waals surface area contributed by atoms with Crippen molar-refractivity contribution < 1.29 is 14.6 Å². The second kappa shape index (κ2) is 5.34. The van der Waals surface area contributed by atoms with E-state index in [0.29, 0.717) is 10.8 Å². The highest BCUT2D eigenvalue weighted by atomic mass is 35.5. The van der Waals surface area contributed by atoms with Crippen molar-refractivity contribution >= 4 is 34.9 Å². The molecule has 98 valence electrons. The first kappa shape index (κ1) is 13.5. The number of ether oxygens (including phenoxy) is 1. The van der Waals surface area contributed by atoms with Crippen molar-refractivity contribution in [2.24, 2.45) is 0 Å². The Morgan fingerprint density at radius 3 is 2.68 bits per heavy atom. The van der Waals surface area contributed by atoms with Gasteiger partial charge < -0.3 is 15.6 Å². The molecule has 0 radical (unpaired) electrons. The standard InChI is InChI=1S/C12H8Cl2N2O3/c13-6-2-1-3-7(4-6)19-9-5-8(15)10(14)11(16-9)12(17)18/h1-5H,(H2,15,16)(H,17,18). The zero-order chi connectivity index (χ0) is 14.0. The molecule has 0 aliphatic heterocycles. The molecular formula is C12H8Cl2N2O3. The highest BCUT2D eigenvalue weighted by Gasteiger charge is 2.16. The average molecular weight is 299 g/mol. The molecular weight excluding hydrogens is 291 g/mol. The molecule has 0 saturated carbocycles. The monoisotopic (exact) mass is 298 g/mol. The van der Waals surface area contributed by atoms with Gasteiger partial charge in [-0.05, 0) is 18.2 Å². The van der Waals surface area contributed by atoms with Gasteiger partial charge in [-0.25, -0.2) is 9.78 Å². The number of aromatic carboxylic acids is 1. The van der Waals surface area contributed by atoms with Crippen LogP contribution in [-0.2, 0) is 0 Å². The number of nitrogens with two attached hydrogens (primary N) is 1. The molecule has 0 atom stereocenters. The van der Waals surface area contributed by atoms with Crippen LogP contribution in [0.1, 0.15) is 10.5 Å². The summed E-state index contributed by atoms with van der Waals surface area (Å²) in [4.78, 5) is 14.7. The molecule has 2 aromatic rings. The average Bonchev–Trinajstić information content (AvgIpc) is 2.33. The van der Waals surface area contributed by atoms with Gasteiger partial charge in [0.25, 0.3) is 0 Å². The lowest BCUT2D eigenvalue weighted by Crippen LogP contribution is -2.05. The van der Waals surface area contributed by atoms with Crippen molar-refractivity contribution in [1.29, 1.82) is 0 Å². The van der Waals surface area contributed by atoms with E-state index in [1.807, 2.05) is 0 Å². The first-order valence-corrected chi connectivity index (χ1v) is 5.85. The molecule has 0 bridgehead atoms. The van der Waals surface area contributed by atoms with Gasteiger partial charge in [0.1, 0.15) is 5.75 Å². The van der Waals surface area contributed by atoms with Gasteiger partial charge in [0.05, 0.1) is 10.7 Å². The predicted octanol–water partition coefficient (Wildman–Crippen LogP) is 3.46.